The second-order valence-electron chi connectivity index (χ2n) is 3.28. The van der Waals surface area contributed by atoms with Gasteiger partial charge in [-0.25, -0.2) is 0 Å². The Labute approximate surface area is 95.2 Å². The molecule has 0 aliphatic carbocycles. The monoisotopic (exact) mass is 210 g/mol. The number of hydrogen-bond acceptors (Lipinski definition) is 2. The molecule has 0 fully saturated rings. The summed E-state index contributed by atoms with van der Waals surface area (Å²) in [4.78, 5) is 4.21. The van der Waals surface area contributed by atoms with Gasteiger partial charge in [-0.2, -0.15) is 0 Å². The molecule has 0 aliphatic rings. The minimum atomic E-state index is 0.739. The van der Waals surface area contributed by atoms with E-state index in [4.69, 9.17) is 4.74 Å². The molecule has 79 valence electrons. The molecule has 0 bridgehead atoms. The molecular weight excluding hydrogens is 198 g/mol. The molecular formula is C14H12NO. The minimum absolute atomic E-state index is 0.739. The maximum Gasteiger partial charge on any atom is 0.127 e. The highest BCUT2D eigenvalue weighted by Gasteiger charge is 1.92. The van der Waals surface area contributed by atoms with Crippen molar-refractivity contribution >= 4 is 12.2 Å². The number of benzene rings is 1. The highest BCUT2D eigenvalue weighted by atomic mass is 16.5. The van der Waals surface area contributed by atoms with Crippen molar-refractivity contribution in [1.82, 2.24) is 4.98 Å². The lowest BCUT2D eigenvalue weighted by atomic mass is 10.2. The summed E-state index contributed by atoms with van der Waals surface area (Å²) < 4.78 is 5.10. The average Bonchev–Trinajstić information content (AvgIpc) is 2.38. The van der Waals surface area contributed by atoms with Crippen LogP contribution in [0.25, 0.3) is 12.2 Å². The Bertz CT molecular complexity index is 477. The summed E-state index contributed by atoms with van der Waals surface area (Å²) in [5.41, 5.74) is 2.01. The van der Waals surface area contributed by atoms with Gasteiger partial charge in [0.2, 0.25) is 0 Å². The van der Waals surface area contributed by atoms with E-state index < -0.39 is 0 Å². The molecule has 1 aromatic heterocycles. The molecule has 0 atom stereocenters. The van der Waals surface area contributed by atoms with Crippen LogP contribution in [0.2, 0.25) is 0 Å². The van der Waals surface area contributed by atoms with Gasteiger partial charge < -0.3 is 4.74 Å². The van der Waals surface area contributed by atoms with Crippen LogP contribution in [0.4, 0.5) is 0 Å². The lowest BCUT2D eigenvalue weighted by molar-refractivity contribution is 0.414. The van der Waals surface area contributed by atoms with Crippen molar-refractivity contribution < 1.29 is 4.74 Å². The van der Waals surface area contributed by atoms with E-state index in [0.717, 1.165) is 17.0 Å². The predicted molar refractivity (Wildman–Crippen MR) is 65.0 cm³/mol. The largest absolute Gasteiger partial charge is 0.496 e. The topological polar surface area (TPSA) is 22.1 Å². The van der Waals surface area contributed by atoms with Crippen LogP contribution in [-0.2, 0) is 0 Å². The third kappa shape index (κ3) is 2.70. The summed E-state index contributed by atoms with van der Waals surface area (Å²) in [6.07, 6.45) is 5.74. The standard InChI is InChI=1S/C14H12NO/c1-16-14-7-4-5-12(11-14)8-9-13-6-2-3-10-15-13/h2-6,8-11H,1H3/b9-8+. The van der Waals surface area contributed by atoms with Gasteiger partial charge in [-0.05, 0) is 35.9 Å². The van der Waals surface area contributed by atoms with Gasteiger partial charge in [-0.3, -0.25) is 4.98 Å². The van der Waals surface area contributed by atoms with Crippen LogP contribution in [0.3, 0.4) is 0 Å². The fourth-order valence-electron chi connectivity index (χ4n) is 1.34. The molecule has 0 aliphatic heterocycles. The number of hydrogen-bond donors (Lipinski definition) is 0. The molecule has 0 amide bonds. The Morgan fingerprint density at radius 3 is 2.94 bits per heavy atom. The molecule has 2 aromatic rings. The second-order valence-corrected chi connectivity index (χ2v) is 3.28. The average molecular weight is 210 g/mol. The molecule has 0 saturated carbocycles. The highest BCUT2D eigenvalue weighted by molar-refractivity contribution is 5.68. The van der Waals surface area contributed by atoms with E-state index in [-0.39, 0.29) is 0 Å². The summed E-state index contributed by atoms with van der Waals surface area (Å²) in [6, 6.07) is 14.6. The molecule has 2 nitrogen and oxygen atoms in total. The van der Waals surface area contributed by atoms with Crippen molar-refractivity contribution in [1.29, 1.82) is 0 Å². The van der Waals surface area contributed by atoms with Crippen molar-refractivity contribution in [2.45, 2.75) is 0 Å². The number of aromatic nitrogens is 1. The van der Waals surface area contributed by atoms with E-state index >= 15 is 0 Å². The Morgan fingerprint density at radius 2 is 2.19 bits per heavy atom. The van der Waals surface area contributed by atoms with Gasteiger partial charge in [0.1, 0.15) is 5.75 Å². The number of rotatable bonds is 3. The van der Waals surface area contributed by atoms with Crippen molar-refractivity contribution in [3.8, 4) is 5.75 Å². The molecule has 1 heterocycles. The quantitative estimate of drug-likeness (QED) is 0.776. The summed E-state index contributed by atoms with van der Waals surface area (Å²) in [7, 11) is 1.64. The molecule has 0 N–H and O–H groups in total. The van der Waals surface area contributed by atoms with Crippen molar-refractivity contribution in [2.75, 3.05) is 7.11 Å². The van der Waals surface area contributed by atoms with Gasteiger partial charge in [0.05, 0.1) is 12.8 Å². The van der Waals surface area contributed by atoms with Gasteiger partial charge in [-0.1, -0.05) is 18.2 Å². The summed E-state index contributed by atoms with van der Waals surface area (Å²) in [6.45, 7) is 0. The van der Waals surface area contributed by atoms with E-state index in [1.165, 1.54) is 0 Å². The van der Waals surface area contributed by atoms with Crippen LogP contribution in [0.1, 0.15) is 11.3 Å². The first kappa shape index (κ1) is 10.4. The van der Waals surface area contributed by atoms with E-state index in [0.29, 0.717) is 0 Å². The molecule has 1 aromatic carbocycles. The first-order chi connectivity index (χ1) is 7.88. The molecule has 2 heteroatoms. The molecule has 0 saturated heterocycles. The van der Waals surface area contributed by atoms with Crippen molar-refractivity contribution in [3.05, 3.63) is 59.9 Å². The van der Waals surface area contributed by atoms with Crippen LogP contribution >= 0.6 is 0 Å². The Hall–Kier alpha value is -2.09. The summed E-state index contributed by atoms with van der Waals surface area (Å²) in [5.74, 6) is 0.739. The zero-order chi connectivity index (χ0) is 11.2. The lowest BCUT2D eigenvalue weighted by Crippen LogP contribution is -1.83. The van der Waals surface area contributed by atoms with Gasteiger partial charge >= 0.3 is 0 Å². The number of methoxy groups -OCH3 is 1. The number of ether oxygens (including phenoxy) is 1. The zero-order valence-corrected chi connectivity index (χ0v) is 9.05. The van der Waals surface area contributed by atoms with E-state index in [1.54, 1.807) is 13.3 Å². The Kier molecular flexibility index (Phi) is 3.34. The molecule has 1 radical (unpaired) electrons. The van der Waals surface area contributed by atoms with Crippen molar-refractivity contribution in [2.24, 2.45) is 0 Å². The van der Waals surface area contributed by atoms with Crippen molar-refractivity contribution in [3.63, 3.8) is 0 Å². The number of nitrogens with zero attached hydrogens (tertiary/aromatic N) is 1. The Morgan fingerprint density at radius 1 is 1.25 bits per heavy atom. The van der Waals surface area contributed by atoms with Crippen LogP contribution in [0.15, 0.2) is 42.6 Å². The Balaban J connectivity index is 2.17. The van der Waals surface area contributed by atoms with Crippen LogP contribution in [-0.4, -0.2) is 12.1 Å². The molecule has 0 unspecified atom stereocenters. The predicted octanol–water partition coefficient (Wildman–Crippen LogP) is 3.06. The maximum atomic E-state index is 5.10. The first-order valence-electron chi connectivity index (χ1n) is 5.03. The second kappa shape index (κ2) is 5.12. The van der Waals surface area contributed by atoms with Crippen LogP contribution < -0.4 is 4.74 Å². The lowest BCUT2D eigenvalue weighted by Gasteiger charge is -1.99. The first-order valence-corrected chi connectivity index (χ1v) is 5.03. The SMILES string of the molecule is COc1[c]ccc(/C=C/c2ccccn2)c1. The van der Waals surface area contributed by atoms with E-state index in [9.17, 15) is 0 Å². The molecule has 2 rings (SSSR count). The zero-order valence-electron chi connectivity index (χ0n) is 9.05. The maximum absolute atomic E-state index is 5.10. The summed E-state index contributed by atoms with van der Waals surface area (Å²) >= 11 is 0. The minimum Gasteiger partial charge on any atom is -0.496 e. The molecule has 16 heavy (non-hydrogen) atoms. The third-order valence-corrected chi connectivity index (χ3v) is 2.15. The van der Waals surface area contributed by atoms with Gasteiger partial charge in [0.15, 0.2) is 0 Å². The highest BCUT2D eigenvalue weighted by Crippen LogP contribution is 2.13. The molecule has 0 spiro atoms. The number of pyridine rings is 1. The fourth-order valence-corrected chi connectivity index (χ4v) is 1.34. The fraction of sp³-hybridized carbons (Fsp3) is 0.0714. The van der Waals surface area contributed by atoms with Crippen LogP contribution in [0, 0.1) is 6.07 Å². The summed E-state index contributed by atoms with van der Waals surface area (Å²) in [5, 5.41) is 0. The van der Waals surface area contributed by atoms with E-state index in [1.807, 2.05) is 48.6 Å². The third-order valence-electron chi connectivity index (χ3n) is 2.15. The van der Waals surface area contributed by atoms with E-state index in [2.05, 4.69) is 11.1 Å². The smallest absolute Gasteiger partial charge is 0.127 e. The normalized spacial score (nSPS) is 10.6. The van der Waals surface area contributed by atoms with Gasteiger partial charge in [-0.15, -0.1) is 0 Å². The van der Waals surface area contributed by atoms with Gasteiger partial charge in [0, 0.05) is 12.3 Å². The van der Waals surface area contributed by atoms with Gasteiger partial charge in [0.25, 0.3) is 0 Å². The van der Waals surface area contributed by atoms with Crippen LogP contribution in [0.5, 0.6) is 5.75 Å².